The minimum atomic E-state index is -0.801. The number of hydrogen-bond donors (Lipinski definition) is 3. The van der Waals surface area contributed by atoms with Crippen LogP contribution in [-0.2, 0) is 14.3 Å². The van der Waals surface area contributed by atoms with Crippen molar-refractivity contribution in [2.24, 2.45) is 0 Å². The minimum absolute atomic E-state index is 0.0394. The van der Waals surface area contributed by atoms with Crippen molar-refractivity contribution in [3.05, 3.63) is 72.9 Å². The number of hydrogen-bond acceptors (Lipinski definition) is 5. The first kappa shape index (κ1) is 50.3. The Hall–Kier alpha value is -2.70. The van der Waals surface area contributed by atoms with Crippen molar-refractivity contribution < 1.29 is 24.5 Å². The summed E-state index contributed by atoms with van der Waals surface area (Å²) in [5.74, 6) is -0.547. The Morgan fingerprint density at radius 1 is 0.585 bits per heavy atom. The number of ether oxygens (including phenoxy) is 1. The van der Waals surface area contributed by atoms with Crippen molar-refractivity contribution in [3.8, 4) is 0 Å². The summed E-state index contributed by atoms with van der Waals surface area (Å²) < 4.78 is 5.86. The SMILES string of the molecule is CC/C=C/C=C/C=C\CCCCCCCC(=O)OC(CCCC/C=C/C/C=C/C/C=C/CC)CC(=O)NC(CO)C(O)CCCCCCCCCCC. The van der Waals surface area contributed by atoms with Gasteiger partial charge in [-0.3, -0.25) is 9.59 Å². The van der Waals surface area contributed by atoms with Crippen LogP contribution < -0.4 is 5.32 Å². The van der Waals surface area contributed by atoms with Gasteiger partial charge in [-0.05, 0) is 77.0 Å². The van der Waals surface area contributed by atoms with Gasteiger partial charge in [0.2, 0.25) is 5.91 Å². The van der Waals surface area contributed by atoms with Gasteiger partial charge in [0.25, 0.3) is 0 Å². The molecule has 0 aliphatic rings. The monoisotopic (exact) mass is 740 g/mol. The highest BCUT2D eigenvalue weighted by Crippen LogP contribution is 2.16. The van der Waals surface area contributed by atoms with Crippen LogP contribution in [0, 0.1) is 0 Å². The van der Waals surface area contributed by atoms with Gasteiger partial charge in [-0.2, -0.15) is 0 Å². The van der Waals surface area contributed by atoms with Gasteiger partial charge in [-0.25, -0.2) is 0 Å². The molecule has 3 unspecified atom stereocenters. The average Bonchev–Trinajstić information content (AvgIpc) is 3.15. The van der Waals surface area contributed by atoms with E-state index < -0.39 is 18.2 Å². The lowest BCUT2D eigenvalue weighted by Gasteiger charge is -2.24. The fraction of sp³-hybridized carbons (Fsp3) is 0.702. The normalized spacial score (nSPS) is 14.1. The highest BCUT2D eigenvalue weighted by atomic mass is 16.5. The number of carbonyl (C=O) groups is 2. The van der Waals surface area contributed by atoms with E-state index >= 15 is 0 Å². The lowest BCUT2D eigenvalue weighted by Crippen LogP contribution is -2.46. The molecule has 0 fully saturated rings. The van der Waals surface area contributed by atoms with Crippen LogP contribution >= 0.6 is 0 Å². The molecule has 53 heavy (non-hydrogen) atoms. The molecule has 0 radical (unpaired) electrons. The Labute approximate surface area is 326 Å². The zero-order valence-corrected chi connectivity index (χ0v) is 34.4. The maximum atomic E-state index is 13.1. The summed E-state index contributed by atoms with van der Waals surface area (Å²) in [5, 5.41) is 23.5. The van der Waals surface area contributed by atoms with E-state index in [2.05, 4.69) is 99.0 Å². The Balaban J connectivity index is 4.72. The van der Waals surface area contributed by atoms with E-state index in [-0.39, 0.29) is 24.9 Å². The second-order valence-corrected chi connectivity index (χ2v) is 14.4. The smallest absolute Gasteiger partial charge is 0.306 e. The molecule has 0 aliphatic carbocycles. The van der Waals surface area contributed by atoms with Crippen molar-refractivity contribution in [2.45, 2.75) is 206 Å². The molecule has 3 N–H and O–H groups in total. The maximum Gasteiger partial charge on any atom is 0.306 e. The molecule has 304 valence electrons. The van der Waals surface area contributed by atoms with Crippen LogP contribution in [-0.4, -0.2) is 46.9 Å². The number of allylic oxidation sites excluding steroid dienone is 12. The third-order valence-corrected chi connectivity index (χ3v) is 9.34. The predicted molar refractivity (Wildman–Crippen MR) is 227 cm³/mol. The second-order valence-electron chi connectivity index (χ2n) is 14.4. The first-order chi connectivity index (χ1) is 26.0. The standard InChI is InChI=1S/C47H81NO5/c1-4-7-10-13-16-19-21-23-25-28-31-34-37-40-47(52)53-43(38-35-32-29-27-24-22-20-17-14-11-8-5-2)41-46(51)48-44(42-49)45(50)39-36-33-30-26-18-15-12-9-6-3/h7-8,10-11,13,16-17,19-21,24,27,43-45,49-50H,4-6,9,12,14-15,18,22-23,25-26,28-42H2,1-3H3,(H,48,51)/b10-7+,11-8+,16-13+,20-17+,21-19-,27-24+. The van der Waals surface area contributed by atoms with Crippen LogP contribution in [0.15, 0.2) is 72.9 Å². The van der Waals surface area contributed by atoms with Gasteiger partial charge in [0, 0.05) is 6.42 Å². The van der Waals surface area contributed by atoms with Gasteiger partial charge in [-0.1, -0.05) is 171 Å². The van der Waals surface area contributed by atoms with Crippen LogP contribution in [0.5, 0.6) is 0 Å². The van der Waals surface area contributed by atoms with Gasteiger partial charge >= 0.3 is 5.97 Å². The fourth-order valence-electron chi connectivity index (χ4n) is 6.09. The average molecular weight is 740 g/mol. The van der Waals surface area contributed by atoms with E-state index in [9.17, 15) is 19.8 Å². The first-order valence-corrected chi connectivity index (χ1v) is 21.7. The summed E-state index contributed by atoms with van der Waals surface area (Å²) in [6, 6.07) is -0.718. The quantitative estimate of drug-likeness (QED) is 0.0255. The van der Waals surface area contributed by atoms with E-state index in [1.807, 2.05) is 0 Å². The third-order valence-electron chi connectivity index (χ3n) is 9.34. The van der Waals surface area contributed by atoms with Crippen molar-refractivity contribution in [3.63, 3.8) is 0 Å². The van der Waals surface area contributed by atoms with Gasteiger partial charge in [0.05, 0.1) is 25.2 Å². The summed E-state index contributed by atoms with van der Waals surface area (Å²) >= 11 is 0. The Kier molecular flexibility index (Phi) is 38.4. The van der Waals surface area contributed by atoms with Crippen molar-refractivity contribution in [1.82, 2.24) is 5.32 Å². The van der Waals surface area contributed by atoms with E-state index in [0.717, 1.165) is 103 Å². The molecule has 0 aromatic heterocycles. The number of aliphatic hydroxyl groups is 2. The van der Waals surface area contributed by atoms with E-state index in [4.69, 9.17) is 4.74 Å². The molecule has 0 saturated heterocycles. The van der Waals surface area contributed by atoms with E-state index in [0.29, 0.717) is 19.3 Å². The largest absolute Gasteiger partial charge is 0.462 e. The van der Waals surface area contributed by atoms with Gasteiger partial charge < -0.3 is 20.3 Å². The molecule has 0 spiro atoms. The molecule has 1 amide bonds. The number of nitrogens with one attached hydrogen (secondary N) is 1. The molecule has 3 atom stereocenters. The summed E-state index contributed by atoms with van der Waals surface area (Å²) in [5.41, 5.74) is 0. The first-order valence-electron chi connectivity index (χ1n) is 21.7. The molecular weight excluding hydrogens is 659 g/mol. The predicted octanol–water partition coefficient (Wildman–Crippen LogP) is 12.3. The summed E-state index contributed by atoms with van der Waals surface area (Å²) in [6.07, 6.45) is 49.6. The summed E-state index contributed by atoms with van der Waals surface area (Å²) in [7, 11) is 0. The van der Waals surface area contributed by atoms with E-state index in [1.54, 1.807) is 0 Å². The van der Waals surface area contributed by atoms with Gasteiger partial charge in [0.15, 0.2) is 0 Å². The molecule has 0 saturated carbocycles. The zero-order valence-electron chi connectivity index (χ0n) is 34.4. The molecule has 6 heteroatoms. The molecule has 0 aliphatic heterocycles. The van der Waals surface area contributed by atoms with Crippen LogP contribution in [0.2, 0.25) is 0 Å². The Bertz CT molecular complexity index is 1010. The molecule has 0 rings (SSSR count). The molecule has 0 aromatic carbocycles. The highest BCUT2D eigenvalue weighted by Gasteiger charge is 2.24. The van der Waals surface area contributed by atoms with E-state index in [1.165, 1.54) is 38.5 Å². The maximum absolute atomic E-state index is 13.1. The fourth-order valence-corrected chi connectivity index (χ4v) is 6.09. The van der Waals surface area contributed by atoms with Crippen LogP contribution in [0.4, 0.5) is 0 Å². The molecular formula is C47H81NO5. The lowest BCUT2D eigenvalue weighted by molar-refractivity contribution is -0.151. The van der Waals surface area contributed by atoms with Crippen molar-refractivity contribution in [1.29, 1.82) is 0 Å². The van der Waals surface area contributed by atoms with Crippen LogP contribution in [0.1, 0.15) is 188 Å². The number of unbranched alkanes of at least 4 members (excludes halogenated alkanes) is 15. The number of esters is 1. The van der Waals surface area contributed by atoms with Gasteiger partial charge in [0.1, 0.15) is 6.10 Å². The van der Waals surface area contributed by atoms with Crippen LogP contribution in [0.3, 0.4) is 0 Å². The number of amides is 1. The minimum Gasteiger partial charge on any atom is -0.462 e. The number of carbonyl (C=O) groups excluding carboxylic acids is 2. The Morgan fingerprint density at radius 2 is 1.11 bits per heavy atom. The summed E-state index contributed by atoms with van der Waals surface area (Å²) in [4.78, 5) is 25.9. The third kappa shape index (κ3) is 36.1. The molecule has 0 bridgehead atoms. The molecule has 0 aromatic rings. The van der Waals surface area contributed by atoms with Crippen molar-refractivity contribution >= 4 is 11.9 Å². The highest BCUT2D eigenvalue weighted by molar-refractivity contribution is 5.77. The number of rotatable bonds is 37. The molecule has 6 nitrogen and oxygen atoms in total. The van der Waals surface area contributed by atoms with Crippen molar-refractivity contribution in [2.75, 3.05) is 6.61 Å². The topological polar surface area (TPSA) is 95.9 Å². The van der Waals surface area contributed by atoms with Crippen LogP contribution in [0.25, 0.3) is 0 Å². The molecule has 0 heterocycles. The lowest BCUT2D eigenvalue weighted by atomic mass is 10.0. The zero-order chi connectivity index (χ0) is 38.9. The summed E-state index contributed by atoms with van der Waals surface area (Å²) in [6.45, 7) is 6.17. The Morgan fingerprint density at radius 3 is 1.77 bits per heavy atom. The van der Waals surface area contributed by atoms with Gasteiger partial charge in [-0.15, -0.1) is 0 Å². The second kappa shape index (κ2) is 40.5. The number of aliphatic hydroxyl groups excluding tert-OH is 2.